The fourth-order valence-corrected chi connectivity index (χ4v) is 7.29. The van der Waals surface area contributed by atoms with E-state index in [1.807, 2.05) is 80.2 Å². The normalized spacial score (nSPS) is 16.5. The summed E-state index contributed by atoms with van der Waals surface area (Å²) in [6.07, 6.45) is 10.1. The van der Waals surface area contributed by atoms with E-state index in [9.17, 15) is 9.59 Å². The van der Waals surface area contributed by atoms with Crippen LogP contribution >= 0.6 is 0 Å². The van der Waals surface area contributed by atoms with Crippen molar-refractivity contribution < 1.29 is 19.1 Å². The number of unbranched alkanes of at least 4 members (excludes halogenated alkanes) is 1. The molecule has 4 aromatic heterocycles. The van der Waals surface area contributed by atoms with E-state index in [0.29, 0.717) is 59.0 Å². The molecule has 3 unspecified atom stereocenters. The average molecular weight is 799 g/mol. The monoisotopic (exact) mass is 798 g/mol. The Kier molecular flexibility index (Phi) is 16.9. The second-order valence-electron chi connectivity index (χ2n) is 15.4. The van der Waals surface area contributed by atoms with Gasteiger partial charge < -0.3 is 20.1 Å². The lowest BCUT2D eigenvalue weighted by atomic mass is 9.91. The van der Waals surface area contributed by atoms with E-state index in [0.717, 1.165) is 58.9 Å². The molecule has 6 rings (SSSR count). The van der Waals surface area contributed by atoms with Crippen molar-refractivity contribution in [1.82, 2.24) is 40.4 Å². The van der Waals surface area contributed by atoms with Gasteiger partial charge in [0.05, 0.1) is 35.5 Å². The fourth-order valence-electron chi connectivity index (χ4n) is 7.29. The minimum absolute atomic E-state index is 0.0836. The summed E-state index contributed by atoms with van der Waals surface area (Å²) in [4.78, 5) is 48.3. The Morgan fingerprint density at radius 2 is 1.15 bits per heavy atom. The highest BCUT2D eigenvalue weighted by atomic mass is 16.5. The van der Waals surface area contributed by atoms with Crippen molar-refractivity contribution in [3.8, 4) is 5.75 Å². The molecule has 1 aliphatic rings. The van der Waals surface area contributed by atoms with Crippen LogP contribution in [0, 0.1) is 5.92 Å². The van der Waals surface area contributed by atoms with Crippen molar-refractivity contribution in [3.63, 3.8) is 0 Å². The van der Waals surface area contributed by atoms with Crippen LogP contribution in [0.4, 0.5) is 0 Å². The fraction of sp³-hybridized carbons (Fsp3) is 0.404. The lowest BCUT2D eigenvalue weighted by Crippen LogP contribution is -2.47. The molecule has 12 heteroatoms. The van der Waals surface area contributed by atoms with Crippen molar-refractivity contribution in [2.75, 3.05) is 19.8 Å². The summed E-state index contributed by atoms with van der Waals surface area (Å²) < 4.78 is 12.1. The van der Waals surface area contributed by atoms with E-state index in [1.54, 1.807) is 0 Å². The van der Waals surface area contributed by atoms with Gasteiger partial charge in [-0.05, 0) is 98.0 Å². The van der Waals surface area contributed by atoms with Crippen LogP contribution in [0.3, 0.4) is 0 Å². The molecule has 1 aromatic carbocycles. The van der Waals surface area contributed by atoms with Crippen LogP contribution < -0.4 is 15.4 Å². The second kappa shape index (κ2) is 23.1. The number of hydrogen-bond donors (Lipinski definition) is 2. The Morgan fingerprint density at radius 3 is 1.63 bits per heavy atom. The van der Waals surface area contributed by atoms with Crippen LogP contribution in [0.5, 0.6) is 5.75 Å². The first-order valence-corrected chi connectivity index (χ1v) is 20.8. The predicted molar refractivity (Wildman–Crippen MR) is 227 cm³/mol. The number of benzene rings is 1. The van der Waals surface area contributed by atoms with Gasteiger partial charge in [0.15, 0.2) is 0 Å². The average Bonchev–Trinajstić information content (AvgIpc) is 3.24. The minimum atomic E-state index is -0.117. The number of amides is 2. The molecule has 0 radical (unpaired) electrons. The first kappa shape index (κ1) is 43.0. The largest absolute Gasteiger partial charge is 0.494 e. The molecule has 0 saturated carbocycles. The topological polar surface area (TPSA) is 135 Å². The molecular weight excluding hydrogens is 741 g/mol. The van der Waals surface area contributed by atoms with E-state index in [4.69, 9.17) is 9.47 Å². The highest BCUT2D eigenvalue weighted by Gasteiger charge is 2.29. The van der Waals surface area contributed by atoms with E-state index in [-0.39, 0.29) is 42.7 Å². The van der Waals surface area contributed by atoms with Gasteiger partial charge in [0, 0.05) is 102 Å². The van der Waals surface area contributed by atoms with Crippen LogP contribution in [-0.2, 0) is 53.6 Å². The predicted octanol–water partition coefficient (Wildman–Crippen LogP) is 6.66. The number of carbonyl (C=O) groups is 2. The van der Waals surface area contributed by atoms with Crippen molar-refractivity contribution in [2.24, 2.45) is 5.92 Å². The van der Waals surface area contributed by atoms with Crippen LogP contribution in [-0.4, -0.2) is 73.5 Å². The Morgan fingerprint density at radius 1 is 0.661 bits per heavy atom. The van der Waals surface area contributed by atoms with Gasteiger partial charge in [0.1, 0.15) is 5.75 Å². The lowest BCUT2D eigenvalue weighted by molar-refractivity contribution is -0.128. The zero-order valence-corrected chi connectivity index (χ0v) is 34.4. The smallest absolute Gasteiger partial charge is 0.220 e. The first-order valence-electron chi connectivity index (χ1n) is 20.8. The number of ether oxygens (including phenoxy) is 2. The highest BCUT2D eigenvalue weighted by Crippen LogP contribution is 2.24. The van der Waals surface area contributed by atoms with Gasteiger partial charge in [-0.15, -0.1) is 0 Å². The SMILES string of the molecule is CC1OCCC(NC(=O)CCC(=O)NCCCCOc2cc(CN(Cc3ccccn3)Cc3ccccn3)cc(CN(Cc3ccccn3)Cc3ccccn3)c2)C1C. The van der Waals surface area contributed by atoms with E-state index in [1.165, 1.54) is 0 Å². The molecular formula is C47H58N8O4. The maximum atomic E-state index is 12.6. The number of pyridine rings is 4. The Bertz CT molecular complexity index is 1800. The van der Waals surface area contributed by atoms with Gasteiger partial charge in [-0.25, -0.2) is 0 Å². The molecule has 310 valence electrons. The van der Waals surface area contributed by atoms with Gasteiger partial charge in [-0.2, -0.15) is 0 Å². The van der Waals surface area contributed by atoms with Gasteiger partial charge in [-0.1, -0.05) is 37.3 Å². The molecule has 2 N–H and O–H groups in total. The summed E-state index contributed by atoms with van der Waals surface area (Å²) in [6, 6.07) is 30.6. The van der Waals surface area contributed by atoms with Crippen molar-refractivity contribution in [3.05, 3.63) is 150 Å². The molecule has 3 atom stereocenters. The molecule has 5 aromatic rings. The Balaban J connectivity index is 1.09. The molecule has 0 spiro atoms. The summed E-state index contributed by atoms with van der Waals surface area (Å²) in [5.41, 5.74) is 6.20. The van der Waals surface area contributed by atoms with E-state index in [2.05, 4.69) is 89.8 Å². The van der Waals surface area contributed by atoms with Crippen molar-refractivity contribution in [2.45, 2.75) is 97.4 Å². The number of nitrogens with one attached hydrogen (secondary N) is 2. The summed E-state index contributed by atoms with van der Waals surface area (Å²) in [5, 5.41) is 6.06. The maximum absolute atomic E-state index is 12.6. The molecule has 1 saturated heterocycles. The van der Waals surface area contributed by atoms with Crippen LogP contribution in [0.2, 0.25) is 0 Å². The van der Waals surface area contributed by atoms with Gasteiger partial charge in [-0.3, -0.25) is 39.3 Å². The summed E-state index contributed by atoms with van der Waals surface area (Å²) >= 11 is 0. The number of rotatable bonds is 22. The molecule has 5 heterocycles. The zero-order chi connectivity index (χ0) is 41.1. The van der Waals surface area contributed by atoms with E-state index < -0.39 is 0 Å². The Hall–Kier alpha value is -5.56. The summed E-state index contributed by atoms with van der Waals surface area (Å²) in [7, 11) is 0. The number of carbonyl (C=O) groups excluding carboxylic acids is 2. The third kappa shape index (κ3) is 15.0. The number of aromatic nitrogens is 4. The number of hydrogen-bond acceptors (Lipinski definition) is 10. The van der Waals surface area contributed by atoms with Gasteiger partial charge in [0.2, 0.25) is 11.8 Å². The molecule has 1 aliphatic heterocycles. The van der Waals surface area contributed by atoms with Crippen LogP contribution in [0.25, 0.3) is 0 Å². The highest BCUT2D eigenvalue weighted by molar-refractivity contribution is 5.83. The zero-order valence-electron chi connectivity index (χ0n) is 34.4. The summed E-state index contributed by atoms with van der Waals surface area (Å²) in [6.45, 7) is 9.76. The number of nitrogens with zero attached hydrogens (tertiary/aromatic N) is 6. The molecule has 0 bridgehead atoms. The van der Waals surface area contributed by atoms with Crippen molar-refractivity contribution >= 4 is 11.8 Å². The molecule has 12 nitrogen and oxygen atoms in total. The molecule has 59 heavy (non-hydrogen) atoms. The minimum Gasteiger partial charge on any atom is -0.494 e. The quantitative estimate of drug-likeness (QED) is 0.0733. The van der Waals surface area contributed by atoms with Gasteiger partial charge in [0.25, 0.3) is 0 Å². The third-order valence-electron chi connectivity index (χ3n) is 10.6. The van der Waals surface area contributed by atoms with Crippen LogP contribution in [0.15, 0.2) is 116 Å². The third-order valence-corrected chi connectivity index (χ3v) is 10.6. The van der Waals surface area contributed by atoms with Crippen LogP contribution in [0.1, 0.15) is 79.9 Å². The first-order chi connectivity index (χ1) is 28.9. The molecule has 1 fully saturated rings. The van der Waals surface area contributed by atoms with E-state index >= 15 is 0 Å². The lowest BCUT2D eigenvalue weighted by Gasteiger charge is -2.34. The summed E-state index contributed by atoms with van der Waals surface area (Å²) in [5.74, 6) is 0.834. The van der Waals surface area contributed by atoms with Crippen molar-refractivity contribution in [1.29, 1.82) is 0 Å². The Labute approximate surface area is 348 Å². The standard InChI is InChI=1S/C47H58N8O4/c1-36-37(2)58-26-19-45(36)53-47(57)18-17-46(56)52-24-11-12-25-59-44-28-38(30-54(32-40-13-3-7-20-48-40)33-41-14-4-8-21-49-41)27-39(29-44)31-55(34-42-15-5-9-22-50-42)35-43-16-6-10-23-51-43/h3-10,13-16,20-23,27-29,36-37,45H,11-12,17-19,24-26,30-35H2,1-2H3,(H,52,56)(H,53,57). The molecule has 2 amide bonds. The van der Waals surface area contributed by atoms with Gasteiger partial charge >= 0.3 is 0 Å². The molecule has 0 aliphatic carbocycles. The second-order valence-corrected chi connectivity index (χ2v) is 15.4. The maximum Gasteiger partial charge on any atom is 0.220 e.